The number of carboxylic acids is 1. The number of nitrogens with one attached hydrogen (secondary N) is 1. The van der Waals surface area contributed by atoms with Crippen molar-refractivity contribution in [1.29, 1.82) is 0 Å². The lowest BCUT2D eigenvalue weighted by Gasteiger charge is -2.36. The van der Waals surface area contributed by atoms with Gasteiger partial charge in [-0.05, 0) is 53.1 Å². The van der Waals surface area contributed by atoms with Crippen LogP contribution in [0.5, 0.6) is 5.75 Å². The molecular weight excluding hydrogens is 518 g/mol. The SMILES string of the molecule is COCOc1ccc(CN2CCN(c3ccccc3)CC2)cc1C(=O)Nc1cc(-c2ccccc2)ccc1C(=O)O. The molecule has 8 heteroatoms. The molecule has 0 spiro atoms. The van der Waals surface area contributed by atoms with Crippen LogP contribution in [0.25, 0.3) is 11.1 Å². The zero-order valence-electron chi connectivity index (χ0n) is 23.0. The van der Waals surface area contributed by atoms with E-state index in [2.05, 4.69) is 39.4 Å². The van der Waals surface area contributed by atoms with Gasteiger partial charge in [0.1, 0.15) is 5.75 Å². The fourth-order valence-corrected chi connectivity index (χ4v) is 5.00. The first kappa shape index (κ1) is 27.9. The Morgan fingerprint density at radius 3 is 2.20 bits per heavy atom. The predicted molar refractivity (Wildman–Crippen MR) is 160 cm³/mol. The number of methoxy groups -OCH3 is 1. The monoisotopic (exact) mass is 551 g/mol. The summed E-state index contributed by atoms with van der Waals surface area (Å²) in [5.74, 6) is -1.23. The minimum absolute atomic E-state index is 0.00447. The average Bonchev–Trinajstić information content (AvgIpc) is 3.01. The standard InChI is InChI=1S/C33H33N3O5/c1-40-23-41-31-15-12-24(22-35-16-18-36(19-17-35)27-10-6-3-7-11-27)20-29(31)32(37)34-30-21-26(13-14-28(30)33(38)39)25-8-4-2-5-9-25/h2-15,20-21H,16-19,22-23H2,1H3,(H,34,37)(H,38,39). The quantitative estimate of drug-likeness (QED) is 0.248. The Morgan fingerprint density at radius 1 is 0.805 bits per heavy atom. The van der Waals surface area contributed by atoms with Crippen LogP contribution >= 0.6 is 0 Å². The molecule has 2 N–H and O–H groups in total. The molecule has 0 atom stereocenters. The summed E-state index contributed by atoms with van der Waals surface area (Å²) < 4.78 is 10.8. The summed E-state index contributed by atoms with van der Waals surface area (Å²) in [6.45, 7) is 4.28. The van der Waals surface area contributed by atoms with Crippen molar-refractivity contribution in [1.82, 2.24) is 4.90 Å². The number of nitrogens with zero attached hydrogens (tertiary/aromatic N) is 2. The van der Waals surface area contributed by atoms with E-state index in [0.717, 1.165) is 42.9 Å². The Balaban J connectivity index is 1.35. The number of hydrogen-bond donors (Lipinski definition) is 2. The van der Waals surface area contributed by atoms with Crippen LogP contribution in [0, 0.1) is 0 Å². The molecule has 1 heterocycles. The van der Waals surface area contributed by atoms with Gasteiger partial charge in [0.25, 0.3) is 5.91 Å². The molecule has 1 aliphatic heterocycles. The number of ether oxygens (including phenoxy) is 2. The Kier molecular flexibility index (Phi) is 8.93. The molecule has 0 unspecified atom stereocenters. The number of piperazine rings is 1. The molecule has 0 saturated carbocycles. The number of carboxylic acid groups (broad SMARTS) is 1. The highest BCUT2D eigenvalue weighted by atomic mass is 16.7. The molecule has 0 bridgehead atoms. The minimum Gasteiger partial charge on any atom is -0.478 e. The molecule has 1 amide bonds. The third kappa shape index (κ3) is 6.92. The van der Waals surface area contributed by atoms with Crippen LogP contribution in [0.2, 0.25) is 0 Å². The molecule has 0 radical (unpaired) electrons. The molecule has 1 saturated heterocycles. The van der Waals surface area contributed by atoms with Crippen molar-refractivity contribution in [2.75, 3.05) is 50.3 Å². The molecule has 41 heavy (non-hydrogen) atoms. The van der Waals surface area contributed by atoms with Crippen LogP contribution in [-0.4, -0.2) is 62.0 Å². The predicted octanol–water partition coefficient (Wildman–Crippen LogP) is 5.61. The maximum atomic E-state index is 13.6. The van der Waals surface area contributed by atoms with Crippen molar-refractivity contribution < 1.29 is 24.2 Å². The summed E-state index contributed by atoms with van der Waals surface area (Å²) in [4.78, 5) is 30.3. The highest BCUT2D eigenvalue weighted by molar-refractivity contribution is 6.09. The topological polar surface area (TPSA) is 91.3 Å². The number of benzene rings is 4. The molecule has 0 aliphatic carbocycles. The van der Waals surface area contributed by atoms with Gasteiger partial charge in [0.15, 0.2) is 6.79 Å². The highest BCUT2D eigenvalue weighted by Gasteiger charge is 2.21. The summed E-state index contributed by atoms with van der Waals surface area (Å²) in [5, 5.41) is 12.6. The van der Waals surface area contributed by atoms with Crippen LogP contribution in [-0.2, 0) is 11.3 Å². The van der Waals surface area contributed by atoms with Gasteiger partial charge in [0.2, 0.25) is 0 Å². The van der Waals surface area contributed by atoms with E-state index in [9.17, 15) is 14.7 Å². The van der Waals surface area contributed by atoms with E-state index in [-0.39, 0.29) is 18.0 Å². The summed E-state index contributed by atoms with van der Waals surface area (Å²) in [6.07, 6.45) is 0. The highest BCUT2D eigenvalue weighted by Crippen LogP contribution is 2.28. The maximum absolute atomic E-state index is 13.6. The van der Waals surface area contributed by atoms with Gasteiger partial charge in [-0.2, -0.15) is 0 Å². The van der Waals surface area contributed by atoms with Crippen molar-refractivity contribution in [3.8, 4) is 16.9 Å². The van der Waals surface area contributed by atoms with Gasteiger partial charge < -0.3 is 24.8 Å². The lowest BCUT2D eigenvalue weighted by Crippen LogP contribution is -2.45. The van der Waals surface area contributed by atoms with Crippen LogP contribution in [0.1, 0.15) is 26.3 Å². The van der Waals surface area contributed by atoms with Crippen molar-refractivity contribution in [3.05, 3.63) is 114 Å². The van der Waals surface area contributed by atoms with Crippen molar-refractivity contribution in [3.63, 3.8) is 0 Å². The number of para-hydroxylation sites is 1. The third-order valence-electron chi connectivity index (χ3n) is 7.13. The van der Waals surface area contributed by atoms with Gasteiger partial charge in [-0.15, -0.1) is 0 Å². The Labute approximate surface area is 239 Å². The van der Waals surface area contributed by atoms with Crippen LogP contribution in [0.3, 0.4) is 0 Å². The third-order valence-corrected chi connectivity index (χ3v) is 7.13. The zero-order valence-corrected chi connectivity index (χ0v) is 23.0. The van der Waals surface area contributed by atoms with Gasteiger partial charge in [-0.25, -0.2) is 4.79 Å². The number of hydrogen-bond acceptors (Lipinski definition) is 6. The fraction of sp³-hybridized carbons (Fsp3) is 0.212. The lowest BCUT2D eigenvalue weighted by molar-refractivity contribution is 0.0503. The van der Waals surface area contributed by atoms with Gasteiger partial charge in [-0.3, -0.25) is 9.69 Å². The number of carbonyl (C=O) groups is 2. The summed E-state index contributed by atoms with van der Waals surface area (Å²) in [7, 11) is 1.51. The number of carbonyl (C=O) groups excluding carboxylic acids is 1. The lowest BCUT2D eigenvalue weighted by atomic mass is 10.0. The first-order valence-electron chi connectivity index (χ1n) is 13.5. The van der Waals surface area contributed by atoms with Crippen molar-refractivity contribution in [2.45, 2.75) is 6.54 Å². The van der Waals surface area contributed by atoms with E-state index in [0.29, 0.717) is 17.9 Å². The second kappa shape index (κ2) is 13.1. The Bertz CT molecular complexity index is 1490. The number of amides is 1. The van der Waals surface area contributed by atoms with Crippen LogP contribution in [0.15, 0.2) is 97.1 Å². The largest absolute Gasteiger partial charge is 0.478 e. The Hall–Kier alpha value is -4.66. The maximum Gasteiger partial charge on any atom is 0.337 e. The molecule has 0 aromatic heterocycles. The second-order valence-electron chi connectivity index (χ2n) is 9.87. The van der Waals surface area contributed by atoms with E-state index in [1.165, 1.54) is 18.9 Å². The van der Waals surface area contributed by atoms with Gasteiger partial charge in [0, 0.05) is 45.5 Å². The molecule has 1 fully saturated rings. The van der Waals surface area contributed by atoms with Crippen LogP contribution in [0.4, 0.5) is 11.4 Å². The molecular formula is C33H33N3O5. The molecule has 1 aliphatic rings. The first-order valence-corrected chi connectivity index (χ1v) is 13.5. The fourth-order valence-electron chi connectivity index (χ4n) is 5.00. The van der Waals surface area contributed by atoms with E-state index in [1.807, 2.05) is 48.5 Å². The normalized spacial score (nSPS) is 13.5. The molecule has 5 rings (SSSR count). The number of anilines is 2. The molecule has 4 aromatic rings. The zero-order chi connectivity index (χ0) is 28.6. The van der Waals surface area contributed by atoms with Gasteiger partial charge in [0.05, 0.1) is 16.8 Å². The van der Waals surface area contributed by atoms with E-state index < -0.39 is 11.9 Å². The molecule has 210 valence electrons. The average molecular weight is 552 g/mol. The second-order valence-corrected chi connectivity index (χ2v) is 9.87. The van der Waals surface area contributed by atoms with Crippen molar-refractivity contribution in [2.24, 2.45) is 0 Å². The van der Waals surface area contributed by atoms with Gasteiger partial charge in [-0.1, -0.05) is 60.7 Å². The summed E-state index contributed by atoms with van der Waals surface area (Å²) >= 11 is 0. The number of rotatable bonds is 10. The van der Waals surface area contributed by atoms with E-state index >= 15 is 0 Å². The molecule has 8 nitrogen and oxygen atoms in total. The van der Waals surface area contributed by atoms with E-state index in [1.54, 1.807) is 18.2 Å². The smallest absolute Gasteiger partial charge is 0.337 e. The van der Waals surface area contributed by atoms with Gasteiger partial charge >= 0.3 is 5.97 Å². The van der Waals surface area contributed by atoms with Crippen LogP contribution < -0.4 is 15.0 Å². The Morgan fingerprint density at radius 2 is 1.51 bits per heavy atom. The van der Waals surface area contributed by atoms with Crippen molar-refractivity contribution >= 4 is 23.3 Å². The first-order chi connectivity index (χ1) is 20.0. The minimum atomic E-state index is -1.13. The number of aromatic carboxylic acids is 1. The van der Waals surface area contributed by atoms with E-state index in [4.69, 9.17) is 9.47 Å². The summed E-state index contributed by atoms with van der Waals surface area (Å²) in [6, 6.07) is 30.4. The summed E-state index contributed by atoms with van der Waals surface area (Å²) in [5.41, 5.74) is 4.42. The molecule has 4 aromatic carbocycles.